The van der Waals surface area contributed by atoms with Gasteiger partial charge < -0.3 is 9.47 Å². The van der Waals surface area contributed by atoms with Crippen molar-refractivity contribution < 1.29 is 23.9 Å². The minimum Gasteiger partial charge on any atom is -0.462 e. The molecule has 0 fully saturated rings. The number of carbonyl (C=O) groups is 3. The van der Waals surface area contributed by atoms with Gasteiger partial charge in [-0.25, -0.2) is 9.59 Å². The number of rotatable bonds is 4. The van der Waals surface area contributed by atoms with Gasteiger partial charge in [0, 0.05) is 0 Å². The lowest BCUT2D eigenvalue weighted by atomic mass is 10.1. The molecule has 0 aliphatic rings. The van der Waals surface area contributed by atoms with Crippen LogP contribution in [0.3, 0.4) is 0 Å². The second kappa shape index (κ2) is 10.1. The number of ether oxygens (including phenoxy) is 2. The first-order valence-corrected chi connectivity index (χ1v) is 6.71. The third kappa shape index (κ3) is 7.00. The van der Waals surface area contributed by atoms with Crippen LogP contribution in [0.1, 0.15) is 41.5 Å². The summed E-state index contributed by atoms with van der Waals surface area (Å²) >= 11 is 0. The molecular weight excluding hydrogens is 279 g/mol. The summed E-state index contributed by atoms with van der Waals surface area (Å²) in [5.41, 5.74) is 0.561. The fourth-order valence-electron chi connectivity index (χ4n) is 1.26. The van der Waals surface area contributed by atoms with Crippen LogP contribution in [-0.2, 0) is 14.3 Å². The van der Waals surface area contributed by atoms with E-state index in [9.17, 15) is 14.4 Å². The molecule has 0 spiro atoms. The van der Waals surface area contributed by atoms with E-state index in [0.717, 1.165) is 0 Å². The summed E-state index contributed by atoms with van der Waals surface area (Å²) in [5, 5.41) is 0. The van der Waals surface area contributed by atoms with Crippen LogP contribution in [0.2, 0.25) is 0 Å². The van der Waals surface area contributed by atoms with E-state index in [1.54, 1.807) is 38.1 Å². The molecule has 0 heterocycles. The van der Waals surface area contributed by atoms with Gasteiger partial charge in [-0.15, -0.1) is 0 Å². The van der Waals surface area contributed by atoms with Crippen molar-refractivity contribution in [2.24, 2.45) is 0 Å². The van der Waals surface area contributed by atoms with Crippen molar-refractivity contribution in [2.75, 3.05) is 13.2 Å². The predicted octanol–water partition coefficient (Wildman–Crippen LogP) is 2.45. The third-order valence-corrected chi connectivity index (χ3v) is 1.92. The molecule has 1 aromatic rings. The van der Waals surface area contributed by atoms with Gasteiger partial charge in [-0.05, 0) is 32.9 Å². The molecule has 110 valence electrons. The topological polar surface area (TPSA) is 69.7 Å². The summed E-state index contributed by atoms with van der Waals surface area (Å²) in [4.78, 5) is 32.5. The molecule has 0 N–H and O–H groups in total. The van der Waals surface area contributed by atoms with Crippen LogP contribution >= 0.6 is 9.24 Å². The fraction of sp³-hybridized carbons (Fsp3) is 0.357. The minimum absolute atomic E-state index is 0.0833. The Hall–Kier alpha value is -1.74. The van der Waals surface area contributed by atoms with E-state index in [1.165, 1.54) is 6.92 Å². The zero-order valence-corrected chi connectivity index (χ0v) is 13.0. The van der Waals surface area contributed by atoms with Crippen LogP contribution in [0.5, 0.6) is 0 Å². The van der Waals surface area contributed by atoms with E-state index in [-0.39, 0.29) is 29.9 Å². The molecule has 0 aliphatic carbocycles. The van der Waals surface area contributed by atoms with Crippen molar-refractivity contribution >= 4 is 26.7 Å². The molecule has 0 aliphatic heterocycles. The molecule has 0 amide bonds. The van der Waals surface area contributed by atoms with Crippen LogP contribution in [0, 0.1) is 0 Å². The average molecular weight is 298 g/mol. The van der Waals surface area contributed by atoms with Crippen LogP contribution in [-0.4, -0.2) is 30.7 Å². The number of carbonyl (C=O) groups excluding carboxylic acids is 3. The van der Waals surface area contributed by atoms with Crippen molar-refractivity contribution in [2.45, 2.75) is 20.8 Å². The maximum absolute atomic E-state index is 11.5. The molecule has 5 nitrogen and oxygen atoms in total. The van der Waals surface area contributed by atoms with Crippen LogP contribution < -0.4 is 0 Å². The van der Waals surface area contributed by atoms with Crippen LogP contribution in [0.25, 0.3) is 0 Å². The van der Waals surface area contributed by atoms with E-state index in [2.05, 4.69) is 0 Å². The molecule has 1 rings (SSSR count). The molecule has 1 atom stereocenters. The summed E-state index contributed by atoms with van der Waals surface area (Å²) in [7, 11) is 2.02. The molecule has 1 aromatic carbocycles. The Morgan fingerprint density at radius 2 is 1.25 bits per heavy atom. The van der Waals surface area contributed by atoms with Crippen molar-refractivity contribution in [3.8, 4) is 0 Å². The van der Waals surface area contributed by atoms with Gasteiger partial charge in [-0.3, -0.25) is 4.79 Å². The Morgan fingerprint density at radius 1 is 0.950 bits per heavy atom. The van der Waals surface area contributed by atoms with Crippen molar-refractivity contribution in [3.05, 3.63) is 35.4 Å². The zero-order chi connectivity index (χ0) is 15.5. The highest BCUT2D eigenvalue weighted by Crippen LogP contribution is 2.11. The monoisotopic (exact) mass is 298 g/mol. The Morgan fingerprint density at radius 3 is 1.50 bits per heavy atom. The SMILES string of the molecule is CC(=O)P.CCOC(=O)c1ccccc1C(=O)OCC. The normalized spacial score (nSPS) is 9.00. The highest BCUT2D eigenvalue weighted by atomic mass is 31.0. The summed E-state index contributed by atoms with van der Waals surface area (Å²) in [5.74, 6) is -1.02. The van der Waals surface area contributed by atoms with Gasteiger partial charge in [0.25, 0.3) is 0 Å². The van der Waals surface area contributed by atoms with E-state index < -0.39 is 11.9 Å². The number of esters is 2. The lowest BCUT2D eigenvalue weighted by Crippen LogP contribution is -2.13. The molecule has 0 radical (unpaired) electrons. The van der Waals surface area contributed by atoms with Gasteiger partial charge in [0.05, 0.1) is 24.3 Å². The van der Waals surface area contributed by atoms with Crippen LogP contribution in [0.4, 0.5) is 0 Å². The molecule has 20 heavy (non-hydrogen) atoms. The molecule has 0 bridgehead atoms. The number of benzene rings is 1. The summed E-state index contributed by atoms with van der Waals surface area (Å²) < 4.78 is 9.70. The van der Waals surface area contributed by atoms with E-state index in [1.807, 2.05) is 9.24 Å². The Balaban J connectivity index is 0.000000796. The number of hydrogen-bond acceptors (Lipinski definition) is 5. The molecule has 0 saturated heterocycles. The number of hydrogen-bond donors (Lipinski definition) is 0. The van der Waals surface area contributed by atoms with Crippen LogP contribution in [0.15, 0.2) is 24.3 Å². The quantitative estimate of drug-likeness (QED) is 0.631. The first kappa shape index (κ1) is 18.3. The molecule has 1 unspecified atom stereocenters. The van der Waals surface area contributed by atoms with Crippen molar-refractivity contribution in [3.63, 3.8) is 0 Å². The maximum Gasteiger partial charge on any atom is 0.338 e. The fourth-order valence-corrected chi connectivity index (χ4v) is 1.26. The predicted molar refractivity (Wildman–Crippen MR) is 78.7 cm³/mol. The smallest absolute Gasteiger partial charge is 0.338 e. The van der Waals surface area contributed by atoms with Gasteiger partial charge in [0.2, 0.25) is 0 Å². The average Bonchev–Trinajstić information content (AvgIpc) is 2.38. The zero-order valence-electron chi connectivity index (χ0n) is 11.8. The van der Waals surface area contributed by atoms with Crippen molar-refractivity contribution in [1.29, 1.82) is 0 Å². The Labute approximate surface area is 120 Å². The summed E-state index contributed by atoms with van der Waals surface area (Å²) in [6, 6.07) is 6.44. The lowest BCUT2D eigenvalue weighted by molar-refractivity contribution is -0.109. The largest absolute Gasteiger partial charge is 0.462 e. The maximum atomic E-state index is 11.5. The molecular formula is C14H19O5P. The van der Waals surface area contributed by atoms with Gasteiger partial charge in [-0.2, -0.15) is 0 Å². The standard InChI is InChI=1S/C12H14O4.C2H5OP/c1-3-15-11(13)9-7-5-6-8-10(9)12(14)16-4-2;1-2(3)4/h5-8H,3-4H2,1-2H3;4H2,1H3. The van der Waals surface area contributed by atoms with Crippen molar-refractivity contribution in [1.82, 2.24) is 0 Å². The van der Waals surface area contributed by atoms with Gasteiger partial charge in [0.1, 0.15) is 5.52 Å². The van der Waals surface area contributed by atoms with E-state index >= 15 is 0 Å². The first-order chi connectivity index (χ1) is 9.43. The highest BCUT2D eigenvalue weighted by molar-refractivity contribution is 7.39. The second-order valence-electron chi connectivity index (χ2n) is 3.60. The van der Waals surface area contributed by atoms with E-state index in [4.69, 9.17) is 9.47 Å². The molecule has 6 heteroatoms. The summed E-state index contributed by atoms with van der Waals surface area (Å²) in [6.07, 6.45) is 0. The lowest BCUT2D eigenvalue weighted by Gasteiger charge is -2.07. The molecule has 0 saturated carbocycles. The van der Waals surface area contributed by atoms with Gasteiger partial charge >= 0.3 is 11.9 Å². The summed E-state index contributed by atoms with van der Waals surface area (Å²) in [6.45, 7) is 5.46. The first-order valence-electron chi connectivity index (χ1n) is 6.13. The van der Waals surface area contributed by atoms with E-state index in [0.29, 0.717) is 0 Å². The van der Waals surface area contributed by atoms with Gasteiger partial charge in [-0.1, -0.05) is 21.4 Å². The second-order valence-corrected chi connectivity index (χ2v) is 4.41. The third-order valence-electron chi connectivity index (χ3n) is 1.92. The van der Waals surface area contributed by atoms with Gasteiger partial charge in [0.15, 0.2) is 0 Å². The Bertz CT molecular complexity index is 429. The highest BCUT2D eigenvalue weighted by Gasteiger charge is 2.17. The Kier molecular flexibility index (Phi) is 9.22. The minimum atomic E-state index is -0.508. The molecule has 0 aromatic heterocycles.